The molecule has 0 saturated carbocycles. The van der Waals surface area contributed by atoms with Crippen molar-refractivity contribution in [3.63, 3.8) is 0 Å². The summed E-state index contributed by atoms with van der Waals surface area (Å²) in [5.74, 6) is -0.593. The number of amides is 1. The molecule has 32 heavy (non-hydrogen) atoms. The highest BCUT2D eigenvalue weighted by Gasteiger charge is 2.17. The minimum absolute atomic E-state index is 0.509. The minimum Gasteiger partial charge on any atom is -0.378 e. The Morgan fingerprint density at radius 1 is 1.06 bits per heavy atom. The molecule has 0 saturated heterocycles. The topological polar surface area (TPSA) is 66.6 Å². The van der Waals surface area contributed by atoms with Crippen molar-refractivity contribution in [2.75, 3.05) is 0 Å². The zero-order chi connectivity index (χ0) is 22.7. The van der Waals surface area contributed by atoms with Crippen molar-refractivity contribution in [1.29, 1.82) is 0 Å². The molecule has 2 N–H and O–H groups in total. The van der Waals surface area contributed by atoms with Crippen molar-refractivity contribution in [1.82, 2.24) is 9.99 Å². The normalized spacial score (nSPS) is 12.4. The van der Waals surface area contributed by atoms with Crippen LogP contribution in [0.5, 0.6) is 0 Å². The first-order chi connectivity index (χ1) is 15.5. The van der Waals surface area contributed by atoms with Gasteiger partial charge < -0.3 is 9.67 Å². The first-order valence-electron chi connectivity index (χ1n) is 10.0. The van der Waals surface area contributed by atoms with Gasteiger partial charge in [-0.25, -0.2) is 5.43 Å². The number of nitrogens with zero attached hydrogens (tertiary/aromatic N) is 2. The van der Waals surface area contributed by atoms with Crippen LogP contribution < -0.4 is 5.43 Å². The molecule has 0 spiro atoms. The molecule has 3 aromatic carbocycles. The summed E-state index contributed by atoms with van der Waals surface area (Å²) < 4.78 is 2.16. The second-order valence-electron chi connectivity index (χ2n) is 7.40. The molecule has 0 aliphatic rings. The summed E-state index contributed by atoms with van der Waals surface area (Å²) in [4.78, 5) is 12.3. The van der Waals surface area contributed by atoms with Gasteiger partial charge in [0.25, 0.3) is 5.91 Å². The number of hydrogen-bond donors (Lipinski definition) is 2. The fraction of sp³-hybridized carbons (Fsp3) is 0.120. The van der Waals surface area contributed by atoms with E-state index in [9.17, 15) is 9.90 Å². The van der Waals surface area contributed by atoms with E-state index >= 15 is 0 Å². The number of para-hydroxylation sites is 1. The Kier molecular flexibility index (Phi) is 6.61. The van der Waals surface area contributed by atoms with Crippen LogP contribution in [0.3, 0.4) is 0 Å². The van der Waals surface area contributed by atoms with Gasteiger partial charge in [-0.15, -0.1) is 0 Å². The molecule has 4 rings (SSSR count). The van der Waals surface area contributed by atoms with Crippen LogP contribution in [0.25, 0.3) is 10.9 Å². The van der Waals surface area contributed by atoms with Gasteiger partial charge in [-0.3, -0.25) is 4.79 Å². The van der Waals surface area contributed by atoms with E-state index in [0.717, 1.165) is 27.7 Å². The maximum Gasteiger partial charge on any atom is 0.273 e. The number of aliphatic hydroxyl groups is 1. The molecule has 7 heteroatoms. The quantitative estimate of drug-likeness (QED) is 0.292. The third kappa shape index (κ3) is 4.55. The second kappa shape index (κ2) is 9.57. The first-order valence-corrected chi connectivity index (χ1v) is 10.8. The van der Waals surface area contributed by atoms with Crippen LogP contribution in [0, 0.1) is 6.92 Å². The first kappa shape index (κ1) is 22.1. The molecule has 4 aromatic rings. The number of hydrogen-bond acceptors (Lipinski definition) is 3. The number of hydrazone groups is 1. The lowest BCUT2D eigenvalue weighted by atomic mass is 10.1. The SMILES string of the molecule is Cc1c(/C=N\NC(=O)[C@@H](O)c2ccccc2)c2ccccc2n1Cc1ccc(Cl)c(Cl)c1. The van der Waals surface area contributed by atoms with E-state index in [4.69, 9.17) is 23.2 Å². The predicted octanol–water partition coefficient (Wildman–Crippen LogP) is 5.49. The smallest absolute Gasteiger partial charge is 0.273 e. The van der Waals surface area contributed by atoms with Gasteiger partial charge in [0, 0.05) is 28.7 Å². The third-order valence-electron chi connectivity index (χ3n) is 5.34. The molecule has 1 atom stereocenters. The monoisotopic (exact) mass is 465 g/mol. The van der Waals surface area contributed by atoms with Gasteiger partial charge >= 0.3 is 0 Å². The highest BCUT2D eigenvalue weighted by molar-refractivity contribution is 6.42. The molecule has 0 aliphatic carbocycles. The van der Waals surface area contributed by atoms with E-state index in [1.54, 1.807) is 36.5 Å². The zero-order valence-corrected chi connectivity index (χ0v) is 18.8. The lowest BCUT2D eigenvalue weighted by Gasteiger charge is -2.10. The number of aromatic nitrogens is 1. The van der Waals surface area contributed by atoms with E-state index in [-0.39, 0.29) is 0 Å². The number of nitrogens with one attached hydrogen (secondary N) is 1. The second-order valence-corrected chi connectivity index (χ2v) is 8.21. The number of carbonyl (C=O) groups excluding carboxylic acids is 1. The Morgan fingerprint density at radius 3 is 2.53 bits per heavy atom. The molecule has 0 bridgehead atoms. The predicted molar refractivity (Wildman–Crippen MR) is 129 cm³/mol. The molecule has 0 radical (unpaired) electrons. The Morgan fingerprint density at radius 2 is 1.78 bits per heavy atom. The van der Waals surface area contributed by atoms with Crippen LogP contribution in [-0.2, 0) is 11.3 Å². The number of rotatable bonds is 6. The zero-order valence-electron chi connectivity index (χ0n) is 17.3. The third-order valence-corrected chi connectivity index (χ3v) is 6.08. The summed E-state index contributed by atoms with van der Waals surface area (Å²) in [7, 11) is 0. The van der Waals surface area contributed by atoms with Crippen molar-refractivity contribution < 1.29 is 9.90 Å². The lowest BCUT2D eigenvalue weighted by Crippen LogP contribution is -2.25. The number of halogens is 2. The van der Waals surface area contributed by atoms with Crippen molar-refractivity contribution in [2.24, 2.45) is 5.10 Å². The summed E-state index contributed by atoms with van der Waals surface area (Å²) >= 11 is 12.2. The Hall–Kier alpha value is -3.12. The molecule has 1 heterocycles. The van der Waals surface area contributed by atoms with Crippen LogP contribution in [0.15, 0.2) is 77.9 Å². The van der Waals surface area contributed by atoms with Crippen LogP contribution in [0.1, 0.15) is 28.5 Å². The van der Waals surface area contributed by atoms with Crippen LogP contribution in [0.2, 0.25) is 10.0 Å². The lowest BCUT2D eigenvalue weighted by molar-refractivity contribution is -0.129. The Bertz CT molecular complexity index is 1300. The molecular formula is C25H21Cl2N3O2. The molecular weight excluding hydrogens is 445 g/mol. The van der Waals surface area contributed by atoms with E-state index in [1.165, 1.54) is 0 Å². The van der Waals surface area contributed by atoms with E-state index in [1.807, 2.05) is 49.4 Å². The van der Waals surface area contributed by atoms with Gasteiger partial charge in [0.2, 0.25) is 0 Å². The Labute approximate surface area is 195 Å². The number of aliphatic hydroxyl groups excluding tert-OH is 1. The summed E-state index contributed by atoms with van der Waals surface area (Å²) in [5.41, 5.74) is 6.87. The van der Waals surface area contributed by atoms with E-state index < -0.39 is 12.0 Å². The minimum atomic E-state index is -1.29. The summed E-state index contributed by atoms with van der Waals surface area (Å²) in [6.45, 7) is 2.61. The van der Waals surface area contributed by atoms with Crippen LogP contribution in [-0.4, -0.2) is 21.8 Å². The number of carbonyl (C=O) groups is 1. The summed E-state index contributed by atoms with van der Waals surface area (Å²) in [6.07, 6.45) is 0.323. The molecule has 0 fully saturated rings. The van der Waals surface area contributed by atoms with Crippen molar-refractivity contribution in [2.45, 2.75) is 19.6 Å². The van der Waals surface area contributed by atoms with Gasteiger partial charge in [0.15, 0.2) is 6.10 Å². The highest BCUT2D eigenvalue weighted by atomic mass is 35.5. The van der Waals surface area contributed by atoms with Crippen molar-refractivity contribution in [3.8, 4) is 0 Å². The number of benzene rings is 3. The fourth-order valence-electron chi connectivity index (χ4n) is 3.65. The van der Waals surface area contributed by atoms with Gasteiger partial charge in [-0.1, -0.05) is 77.8 Å². The molecule has 0 unspecified atom stereocenters. The number of fused-ring (bicyclic) bond motifs is 1. The fourth-order valence-corrected chi connectivity index (χ4v) is 3.97. The molecule has 5 nitrogen and oxygen atoms in total. The van der Waals surface area contributed by atoms with Gasteiger partial charge in [-0.05, 0) is 36.2 Å². The van der Waals surface area contributed by atoms with E-state index in [0.29, 0.717) is 22.2 Å². The highest BCUT2D eigenvalue weighted by Crippen LogP contribution is 2.28. The van der Waals surface area contributed by atoms with Crippen molar-refractivity contribution in [3.05, 3.63) is 105 Å². The van der Waals surface area contributed by atoms with Crippen LogP contribution >= 0.6 is 23.2 Å². The summed E-state index contributed by atoms with van der Waals surface area (Å²) in [5, 5.41) is 16.4. The Balaban J connectivity index is 1.59. The van der Waals surface area contributed by atoms with E-state index in [2.05, 4.69) is 15.1 Å². The van der Waals surface area contributed by atoms with Gasteiger partial charge in [-0.2, -0.15) is 5.10 Å². The molecule has 162 valence electrons. The van der Waals surface area contributed by atoms with Crippen molar-refractivity contribution >= 4 is 46.2 Å². The van der Waals surface area contributed by atoms with Crippen LogP contribution in [0.4, 0.5) is 0 Å². The molecule has 0 aliphatic heterocycles. The average Bonchev–Trinajstić information content (AvgIpc) is 3.07. The largest absolute Gasteiger partial charge is 0.378 e. The maximum atomic E-state index is 12.3. The maximum absolute atomic E-state index is 12.3. The van der Waals surface area contributed by atoms with Gasteiger partial charge in [0.1, 0.15) is 0 Å². The molecule has 1 amide bonds. The average molecular weight is 466 g/mol. The summed E-state index contributed by atoms with van der Waals surface area (Å²) in [6, 6.07) is 22.3. The molecule has 1 aromatic heterocycles. The standard InChI is InChI=1S/C25H21Cl2N3O2/c1-16-20(14-28-29-25(32)24(31)18-7-3-2-4-8-18)19-9-5-6-10-23(19)30(16)15-17-11-12-21(26)22(27)13-17/h2-14,24,31H,15H2,1H3,(H,29,32)/b28-14-/t24-/m0/s1. The van der Waals surface area contributed by atoms with Gasteiger partial charge in [0.05, 0.1) is 16.3 Å².